The van der Waals surface area contributed by atoms with Crippen molar-refractivity contribution in [2.24, 2.45) is 0 Å². The van der Waals surface area contributed by atoms with Gasteiger partial charge in [-0.15, -0.1) is 0 Å². The van der Waals surface area contributed by atoms with Crippen LogP contribution in [0.5, 0.6) is 0 Å². The summed E-state index contributed by atoms with van der Waals surface area (Å²) in [4.78, 5) is 37.0. The molecule has 116 valence electrons. The Hall–Kier alpha value is -2.38. The molecule has 0 aromatic heterocycles. The minimum Gasteiger partial charge on any atom is -0.314 e. The van der Waals surface area contributed by atoms with E-state index in [4.69, 9.17) is 0 Å². The van der Waals surface area contributed by atoms with Crippen molar-refractivity contribution in [3.8, 4) is 0 Å². The molecule has 2 aliphatic rings. The Kier molecular flexibility index (Phi) is 2.85. The molecule has 0 saturated carbocycles. The number of likely N-dealkylation sites (N-methyl/N-ethyl adjacent to an activating group) is 1. The molecular formula is C14H11F3N2O3. The fourth-order valence-electron chi connectivity index (χ4n) is 3.13. The minimum absolute atomic E-state index is 0.0815. The summed E-state index contributed by atoms with van der Waals surface area (Å²) in [5, 5.41) is 2.07. The Bertz CT molecular complexity index is 696. The summed E-state index contributed by atoms with van der Waals surface area (Å²) < 4.78 is 38.7. The SMILES string of the molecule is CN1C(=O)C2(CC(=O)NC(=O)C2)c2cc(C(F)(F)F)ccc21. The van der Waals surface area contributed by atoms with E-state index in [-0.39, 0.29) is 18.4 Å². The van der Waals surface area contributed by atoms with Gasteiger partial charge in [-0.3, -0.25) is 19.7 Å². The first-order valence-electron chi connectivity index (χ1n) is 6.48. The standard InChI is InChI=1S/C14H11F3N2O3/c1-19-9-3-2-7(14(15,16)17)4-8(9)13(12(19)22)5-10(20)18-11(21)6-13/h2-4H,5-6H2,1H3,(H,18,20,21). The number of halogens is 3. The van der Waals surface area contributed by atoms with E-state index in [1.165, 1.54) is 18.0 Å². The van der Waals surface area contributed by atoms with E-state index >= 15 is 0 Å². The summed E-state index contributed by atoms with van der Waals surface area (Å²) in [7, 11) is 1.42. The van der Waals surface area contributed by atoms with Crippen molar-refractivity contribution in [1.82, 2.24) is 5.32 Å². The number of rotatable bonds is 0. The van der Waals surface area contributed by atoms with Crippen LogP contribution in [0.25, 0.3) is 0 Å². The third-order valence-electron chi connectivity index (χ3n) is 4.12. The van der Waals surface area contributed by atoms with Crippen LogP contribution >= 0.6 is 0 Å². The van der Waals surface area contributed by atoms with Crippen LogP contribution in [-0.2, 0) is 26.0 Å². The topological polar surface area (TPSA) is 66.5 Å². The minimum atomic E-state index is -4.57. The Morgan fingerprint density at radius 3 is 2.27 bits per heavy atom. The van der Waals surface area contributed by atoms with Gasteiger partial charge in [0.2, 0.25) is 17.7 Å². The number of benzene rings is 1. The van der Waals surface area contributed by atoms with Crippen molar-refractivity contribution in [3.63, 3.8) is 0 Å². The Balaban J connectivity index is 2.21. The number of imide groups is 1. The molecule has 1 saturated heterocycles. The number of fused-ring (bicyclic) bond motifs is 2. The molecule has 5 nitrogen and oxygen atoms in total. The zero-order valence-corrected chi connectivity index (χ0v) is 11.5. The molecule has 1 aromatic carbocycles. The van der Waals surface area contributed by atoms with Gasteiger partial charge in [-0.1, -0.05) is 0 Å². The van der Waals surface area contributed by atoms with Crippen LogP contribution in [0, 0.1) is 0 Å². The molecular weight excluding hydrogens is 301 g/mol. The Morgan fingerprint density at radius 2 is 1.73 bits per heavy atom. The number of alkyl halides is 3. The molecule has 2 aliphatic heterocycles. The first-order chi connectivity index (χ1) is 10.1. The van der Waals surface area contributed by atoms with Gasteiger partial charge in [0.15, 0.2) is 0 Å². The Morgan fingerprint density at radius 1 is 1.14 bits per heavy atom. The number of piperidine rings is 1. The zero-order valence-electron chi connectivity index (χ0n) is 11.5. The molecule has 0 bridgehead atoms. The van der Waals surface area contributed by atoms with Crippen molar-refractivity contribution < 1.29 is 27.6 Å². The van der Waals surface area contributed by atoms with Gasteiger partial charge < -0.3 is 4.90 Å². The molecule has 0 radical (unpaired) electrons. The summed E-state index contributed by atoms with van der Waals surface area (Å²) in [5.41, 5.74) is -2.07. The van der Waals surface area contributed by atoms with E-state index in [0.717, 1.165) is 12.1 Å². The first kappa shape index (κ1) is 14.6. The van der Waals surface area contributed by atoms with Crippen molar-refractivity contribution in [3.05, 3.63) is 29.3 Å². The summed E-state index contributed by atoms with van der Waals surface area (Å²) in [6.45, 7) is 0. The quantitative estimate of drug-likeness (QED) is 0.736. The average molecular weight is 312 g/mol. The molecule has 0 aliphatic carbocycles. The Labute approximate surface area is 123 Å². The van der Waals surface area contributed by atoms with Crippen LogP contribution in [0.4, 0.5) is 18.9 Å². The maximum atomic E-state index is 12.9. The average Bonchev–Trinajstić information content (AvgIpc) is 2.59. The van der Waals surface area contributed by atoms with Crippen LogP contribution in [0.2, 0.25) is 0 Å². The van der Waals surface area contributed by atoms with Gasteiger partial charge in [0.05, 0.1) is 11.0 Å². The number of carbonyl (C=O) groups excluding carboxylic acids is 3. The van der Waals surface area contributed by atoms with Crippen molar-refractivity contribution in [2.75, 3.05) is 11.9 Å². The molecule has 3 rings (SSSR count). The molecule has 1 N–H and O–H groups in total. The first-order valence-corrected chi connectivity index (χ1v) is 6.48. The van der Waals surface area contributed by atoms with Gasteiger partial charge in [-0.25, -0.2) is 0 Å². The summed E-state index contributed by atoms with van der Waals surface area (Å²) in [6, 6.07) is 2.94. The van der Waals surface area contributed by atoms with E-state index in [1.807, 2.05) is 0 Å². The maximum Gasteiger partial charge on any atom is 0.416 e. The summed E-state index contributed by atoms with van der Waals surface area (Å²) in [5.74, 6) is -1.86. The van der Waals surface area contributed by atoms with Gasteiger partial charge in [-0.05, 0) is 23.8 Å². The number of carbonyl (C=O) groups is 3. The lowest BCUT2D eigenvalue weighted by atomic mass is 9.73. The van der Waals surface area contributed by atoms with Gasteiger partial charge in [-0.2, -0.15) is 13.2 Å². The lowest BCUT2D eigenvalue weighted by Gasteiger charge is -2.30. The van der Waals surface area contributed by atoms with E-state index in [2.05, 4.69) is 5.32 Å². The number of hydrogen-bond acceptors (Lipinski definition) is 3. The van der Waals surface area contributed by atoms with Crippen LogP contribution < -0.4 is 10.2 Å². The van der Waals surface area contributed by atoms with Gasteiger partial charge in [0.1, 0.15) is 0 Å². The number of hydrogen-bond donors (Lipinski definition) is 1. The highest BCUT2D eigenvalue weighted by Gasteiger charge is 2.54. The van der Waals surface area contributed by atoms with E-state index in [1.54, 1.807) is 0 Å². The highest BCUT2D eigenvalue weighted by Crippen LogP contribution is 2.48. The molecule has 1 fully saturated rings. The predicted octanol–water partition coefficient (Wildman–Crippen LogP) is 1.36. The molecule has 1 spiro atoms. The predicted molar refractivity (Wildman–Crippen MR) is 68.9 cm³/mol. The number of anilines is 1. The molecule has 0 unspecified atom stereocenters. The lowest BCUT2D eigenvalue weighted by molar-refractivity contribution is -0.140. The number of nitrogens with zero attached hydrogens (tertiary/aromatic N) is 1. The maximum absolute atomic E-state index is 12.9. The van der Waals surface area contributed by atoms with Crippen LogP contribution in [0.3, 0.4) is 0 Å². The van der Waals surface area contributed by atoms with Gasteiger partial charge in [0, 0.05) is 25.6 Å². The molecule has 22 heavy (non-hydrogen) atoms. The molecule has 2 heterocycles. The monoisotopic (exact) mass is 312 g/mol. The van der Waals surface area contributed by atoms with E-state index < -0.39 is 34.9 Å². The van der Waals surface area contributed by atoms with Gasteiger partial charge in [0.25, 0.3) is 0 Å². The fourth-order valence-corrected chi connectivity index (χ4v) is 3.13. The molecule has 0 atom stereocenters. The highest BCUT2D eigenvalue weighted by molar-refractivity contribution is 6.15. The third kappa shape index (κ3) is 1.90. The molecule has 8 heteroatoms. The van der Waals surface area contributed by atoms with E-state index in [9.17, 15) is 27.6 Å². The summed E-state index contributed by atoms with van der Waals surface area (Å²) in [6.07, 6.45) is -5.24. The van der Waals surface area contributed by atoms with Crippen LogP contribution in [0.1, 0.15) is 24.0 Å². The van der Waals surface area contributed by atoms with Crippen LogP contribution in [-0.4, -0.2) is 24.8 Å². The molecule has 3 amide bonds. The van der Waals surface area contributed by atoms with Crippen LogP contribution in [0.15, 0.2) is 18.2 Å². The summed E-state index contributed by atoms with van der Waals surface area (Å²) >= 11 is 0. The third-order valence-corrected chi connectivity index (χ3v) is 4.12. The number of amides is 3. The zero-order chi connectivity index (χ0) is 16.3. The van der Waals surface area contributed by atoms with Gasteiger partial charge >= 0.3 is 6.18 Å². The fraction of sp³-hybridized carbons (Fsp3) is 0.357. The normalized spacial score (nSPS) is 20.4. The second-order valence-electron chi connectivity index (χ2n) is 5.50. The second-order valence-corrected chi connectivity index (χ2v) is 5.50. The second kappa shape index (κ2) is 4.31. The largest absolute Gasteiger partial charge is 0.416 e. The molecule has 1 aromatic rings. The highest BCUT2D eigenvalue weighted by atomic mass is 19.4. The number of nitrogens with one attached hydrogen (secondary N) is 1. The van der Waals surface area contributed by atoms with Crippen molar-refractivity contribution in [1.29, 1.82) is 0 Å². The van der Waals surface area contributed by atoms with Crippen molar-refractivity contribution >= 4 is 23.4 Å². The lowest BCUT2D eigenvalue weighted by Crippen LogP contribution is -2.51. The van der Waals surface area contributed by atoms with Crippen molar-refractivity contribution in [2.45, 2.75) is 24.4 Å². The van der Waals surface area contributed by atoms with E-state index in [0.29, 0.717) is 5.69 Å². The smallest absolute Gasteiger partial charge is 0.314 e.